The summed E-state index contributed by atoms with van der Waals surface area (Å²) in [5.74, 6) is 0. The molecule has 0 heterocycles. The van der Waals surface area contributed by atoms with E-state index in [4.69, 9.17) is 0 Å². The average molecular weight is 159 g/mol. The normalized spacial score (nSPS) is 7.50. The molecule has 0 saturated carbocycles. The van der Waals surface area contributed by atoms with Crippen LogP contribution in [0.1, 0.15) is 0 Å². The molecule has 0 aromatic heterocycles. The van der Waals surface area contributed by atoms with E-state index in [-0.39, 0.29) is 17.1 Å². The molecule has 1 unspecified atom stereocenters. The van der Waals surface area contributed by atoms with E-state index in [1.807, 2.05) is 6.66 Å². The van der Waals surface area contributed by atoms with Gasteiger partial charge < -0.3 is 0 Å². The minimum atomic E-state index is 0. The van der Waals surface area contributed by atoms with Gasteiger partial charge in [-0.05, 0) is 0 Å². The van der Waals surface area contributed by atoms with Crippen LogP contribution < -0.4 is 0 Å². The van der Waals surface area contributed by atoms with Gasteiger partial charge in [0, 0.05) is 17.1 Å². The summed E-state index contributed by atoms with van der Waals surface area (Å²) in [5.41, 5.74) is 0. The Morgan fingerprint density at radius 1 is 1.75 bits per heavy atom. The van der Waals surface area contributed by atoms with E-state index < -0.39 is 0 Å². The average Bonchev–Trinajstić information content (AvgIpc) is 0.918. The Kier molecular flexibility index (Phi) is 20.0. The minimum absolute atomic E-state index is 0. The molecule has 4 heavy (non-hydrogen) atoms. The predicted molar refractivity (Wildman–Crippen MR) is 14.2 cm³/mol. The van der Waals surface area contributed by atoms with Gasteiger partial charge in [0.15, 0.2) is 0 Å². The first-order chi connectivity index (χ1) is 1.41. The first kappa shape index (κ1) is 9.08. The maximum absolute atomic E-state index is 3.51. The summed E-state index contributed by atoms with van der Waals surface area (Å²) >= 11 is 3.51. The minimum Gasteiger partial charge on any atom is 0 e. The summed E-state index contributed by atoms with van der Waals surface area (Å²) in [7, 11) is 0.833. The van der Waals surface area contributed by atoms with Crippen molar-refractivity contribution >= 4 is 7.27 Å². The van der Waals surface area contributed by atoms with Gasteiger partial charge in [0.2, 0.25) is 0 Å². The Morgan fingerprint density at radius 3 is 1.75 bits per heavy atom. The maximum atomic E-state index is 3.51. The van der Waals surface area contributed by atoms with E-state index in [9.17, 15) is 0 Å². The van der Waals surface area contributed by atoms with Gasteiger partial charge in [-0.25, -0.2) is 0 Å². The van der Waals surface area contributed by atoms with Crippen LogP contribution in [-0.2, 0) is 32.6 Å². The summed E-state index contributed by atoms with van der Waals surface area (Å²) in [6, 6.07) is 0. The Bertz CT molecular complexity index is 6.00. The van der Waals surface area contributed by atoms with Gasteiger partial charge in [-0.2, -0.15) is 0 Å². The molecule has 0 N–H and O–H groups in total. The van der Waals surface area contributed by atoms with Gasteiger partial charge in [0.25, 0.3) is 0 Å². The third kappa shape index (κ3) is 9.80. The third-order valence-electron chi connectivity index (χ3n) is 0. The van der Waals surface area contributed by atoms with Crippen molar-refractivity contribution in [1.82, 2.24) is 0 Å². The molecule has 0 aliphatic rings. The first-order valence-electron chi connectivity index (χ1n) is 0.677. The SMILES string of the molecule is C[PH][Fe].[Fe]. The Labute approximate surface area is 46.8 Å². The van der Waals surface area contributed by atoms with E-state index in [1.54, 1.807) is 0 Å². The van der Waals surface area contributed by atoms with Crippen molar-refractivity contribution in [2.45, 2.75) is 0 Å². The van der Waals surface area contributed by atoms with E-state index in [0.29, 0.717) is 0 Å². The quantitative estimate of drug-likeness (QED) is 0.361. The fourth-order valence-electron chi connectivity index (χ4n) is 0. The van der Waals surface area contributed by atoms with Crippen molar-refractivity contribution in [2.24, 2.45) is 0 Å². The van der Waals surface area contributed by atoms with Gasteiger partial charge >= 0.3 is 29.5 Å². The van der Waals surface area contributed by atoms with Crippen LogP contribution in [-0.4, -0.2) is 6.66 Å². The summed E-state index contributed by atoms with van der Waals surface area (Å²) in [6.07, 6.45) is 0. The van der Waals surface area contributed by atoms with Crippen molar-refractivity contribution in [3.8, 4) is 0 Å². The molecule has 0 radical (unpaired) electrons. The zero-order valence-corrected chi connectivity index (χ0v) is 5.42. The second-order valence-electron chi connectivity index (χ2n) is 0.177. The summed E-state index contributed by atoms with van der Waals surface area (Å²) < 4.78 is 0. The zero-order valence-electron chi connectivity index (χ0n) is 2.21. The fraction of sp³-hybridized carbons (Fsp3) is 1.00. The van der Waals surface area contributed by atoms with Crippen molar-refractivity contribution < 1.29 is 32.6 Å². The van der Waals surface area contributed by atoms with E-state index in [0.717, 1.165) is 7.27 Å². The Morgan fingerprint density at radius 2 is 1.75 bits per heavy atom. The molecule has 0 bridgehead atoms. The molecule has 29 valence electrons. The molecule has 0 spiro atoms. The van der Waals surface area contributed by atoms with Gasteiger partial charge in [0.05, 0.1) is 0 Å². The van der Waals surface area contributed by atoms with Crippen LogP contribution in [0.25, 0.3) is 0 Å². The van der Waals surface area contributed by atoms with E-state index in [2.05, 4.69) is 15.6 Å². The molecule has 1 atom stereocenters. The first-order valence-corrected chi connectivity index (χ1v) is 3.69. The van der Waals surface area contributed by atoms with Gasteiger partial charge in [0.1, 0.15) is 0 Å². The van der Waals surface area contributed by atoms with Crippen LogP contribution in [0.5, 0.6) is 0 Å². The molecule has 3 heteroatoms. The molecule has 0 amide bonds. The summed E-state index contributed by atoms with van der Waals surface area (Å²) in [5, 5.41) is 0. The summed E-state index contributed by atoms with van der Waals surface area (Å²) in [4.78, 5) is 0. The second-order valence-corrected chi connectivity index (χ2v) is 2.19. The number of rotatable bonds is 0. The Balaban J connectivity index is 0. The molecular weight excluding hydrogens is 155 g/mol. The third-order valence-corrected chi connectivity index (χ3v) is 0. The molecular formula is CH4Fe2P. The fourth-order valence-corrected chi connectivity index (χ4v) is 0. The zero-order chi connectivity index (χ0) is 2.71. The maximum Gasteiger partial charge on any atom is 0 e. The molecule has 0 fully saturated rings. The molecule has 0 aromatic rings. The van der Waals surface area contributed by atoms with Gasteiger partial charge in [-0.15, -0.1) is 0 Å². The smallest absolute Gasteiger partial charge is 0 e. The van der Waals surface area contributed by atoms with Gasteiger partial charge in [-0.3, -0.25) is 0 Å². The molecule has 0 rings (SSSR count). The van der Waals surface area contributed by atoms with Crippen molar-refractivity contribution in [3.05, 3.63) is 0 Å². The largest absolute Gasteiger partial charge is 0 e. The number of hydrogen-bond donors (Lipinski definition) is 0. The molecule has 0 nitrogen and oxygen atoms in total. The summed E-state index contributed by atoms with van der Waals surface area (Å²) in [6.45, 7) is 2.04. The van der Waals surface area contributed by atoms with E-state index >= 15 is 0 Å². The van der Waals surface area contributed by atoms with Crippen molar-refractivity contribution in [3.63, 3.8) is 0 Å². The van der Waals surface area contributed by atoms with Crippen LogP contribution in [0.4, 0.5) is 0 Å². The van der Waals surface area contributed by atoms with Crippen LogP contribution in [0.2, 0.25) is 0 Å². The predicted octanol–water partition coefficient (Wildman–Crippen LogP) is 0.754. The monoisotopic (exact) mass is 159 g/mol. The molecule has 0 aliphatic heterocycles. The Hall–Kier alpha value is 1.47. The van der Waals surface area contributed by atoms with Gasteiger partial charge in [-0.1, -0.05) is 0 Å². The van der Waals surface area contributed by atoms with Crippen LogP contribution in [0, 0.1) is 0 Å². The number of hydrogen-bond acceptors (Lipinski definition) is 0. The standard InChI is InChI=1S/CH4P.2Fe/c1-2;;/h2H,1H3;;/q-1;;+1. The molecule has 0 aromatic carbocycles. The topological polar surface area (TPSA) is 0 Å². The second kappa shape index (κ2) is 8.82. The van der Waals surface area contributed by atoms with Crippen molar-refractivity contribution in [2.75, 3.05) is 6.66 Å². The van der Waals surface area contributed by atoms with Crippen LogP contribution in [0.3, 0.4) is 0 Å². The molecule has 0 aliphatic carbocycles. The molecule has 0 saturated heterocycles. The van der Waals surface area contributed by atoms with Crippen LogP contribution in [0.15, 0.2) is 0 Å². The van der Waals surface area contributed by atoms with Crippen LogP contribution >= 0.6 is 7.27 Å². The van der Waals surface area contributed by atoms with E-state index in [1.165, 1.54) is 0 Å². The van der Waals surface area contributed by atoms with Crippen molar-refractivity contribution in [1.29, 1.82) is 0 Å².